The van der Waals surface area contributed by atoms with E-state index in [4.69, 9.17) is 4.43 Å². The molecule has 4 aliphatic rings. The minimum absolute atomic E-state index is 0.173. The number of rotatable bonds is 2. The van der Waals surface area contributed by atoms with Crippen LogP contribution in [0.1, 0.15) is 52.9 Å². The van der Waals surface area contributed by atoms with Gasteiger partial charge in [0.15, 0.2) is 8.32 Å². The molecular formula is C21H36O2S2Si. The van der Waals surface area contributed by atoms with Crippen molar-refractivity contribution in [2.24, 2.45) is 17.3 Å². The van der Waals surface area contributed by atoms with Crippen molar-refractivity contribution in [2.45, 2.75) is 87.3 Å². The van der Waals surface area contributed by atoms with Gasteiger partial charge in [-0.05, 0) is 73.6 Å². The summed E-state index contributed by atoms with van der Waals surface area (Å²) < 4.78 is 7.47. The molecule has 0 aromatic rings. The van der Waals surface area contributed by atoms with Crippen molar-refractivity contribution < 1.29 is 9.53 Å². The maximum Gasteiger partial charge on any atom is 0.192 e. The van der Waals surface area contributed by atoms with Gasteiger partial charge in [0, 0.05) is 5.41 Å². The molecule has 0 aromatic carbocycles. The van der Waals surface area contributed by atoms with Crippen molar-refractivity contribution in [3.8, 4) is 0 Å². The molecule has 1 N–H and O–H groups in total. The van der Waals surface area contributed by atoms with E-state index < -0.39 is 8.32 Å². The zero-order chi connectivity index (χ0) is 18.8. The number of hydrogen-bond donors (Lipinski definition) is 1. The van der Waals surface area contributed by atoms with E-state index in [-0.39, 0.29) is 16.6 Å². The first-order chi connectivity index (χ1) is 12.1. The Kier molecular flexibility index (Phi) is 5.00. The highest BCUT2D eigenvalue weighted by atomic mass is 32.2. The van der Waals surface area contributed by atoms with Crippen LogP contribution in [0.3, 0.4) is 0 Å². The molecule has 1 aliphatic heterocycles. The van der Waals surface area contributed by atoms with Crippen LogP contribution < -0.4 is 0 Å². The van der Waals surface area contributed by atoms with Crippen molar-refractivity contribution in [2.75, 3.05) is 11.5 Å². The van der Waals surface area contributed by atoms with E-state index in [0.29, 0.717) is 22.0 Å². The fourth-order valence-electron chi connectivity index (χ4n) is 5.75. The summed E-state index contributed by atoms with van der Waals surface area (Å²) in [4.78, 5) is 0. The third-order valence-electron chi connectivity index (χ3n) is 8.01. The monoisotopic (exact) mass is 412 g/mol. The van der Waals surface area contributed by atoms with Crippen LogP contribution in [0.5, 0.6) is 0 Å². The average molecular weight is 413 g/mol. The van der Waals surface area contributed by atoms with Gasteiger partial charge in [-0.25, -0.2) is 0 Å². The topological polar surface area (TPSA) is 29.5 Å². The van der Waals surface area contributed by atoms with Gasteiger partial charge in [-0.3, -0.25) is 0 Å². The normalized spacial score (nSPS) is 42.1. The Morgan fingerprint density at radius 1 is 1.15 bits per heavy atom. The van der Waals surface area contributed by atoms with Gasteiger partial charge in [0.1, 0.15) is 0 Å². The first kappa shape index (κ1) is 19.9. The van der Waals surface area contributed by atoms with E-state index in [1.165, 1.54) is 37.2 Å². The Bertz CT molecular complexity index is 579. The summed E-state index contributed by atoms with van der Waals surface area (Å²) in [6.45, 7) is 11.9. The minimum Gasteiger partial charge on any atom is -0.413 e. The zero-order valence-electron chi connectivity index (χ0n) is 17.1. The second-order valence-corrected chi connectivity index (χ2v) is 18.3. The molecule has 3 fully saturated rings. The molecule has 2 saturated carbocycles. The maximum absolute atomic E-state index is 10.4. The fraction of sp³-hybridized carbons (Fsp3) is 0.905. The number of fused-ring (bicyclic) bond motifs is 1. The smallest absolute Gasteiger partial charge is 0.192 e. The molecule has 4 rings (SSSR count). The van der Waals surface area contributed by atoms with Gasteiger partial charge in [0.05, 0.1) is 16.3 Å². The van der Waals surface area contributed by atoms with Gasteiger partial charge < -0.3 is 9.53 Å². The van der Waals surface area contributed by atoms with E-state index in [2.05, 4.69) is 69.5 Å². The van der Waals surface area contributed by atoms with Crippen LogP contribution in [0.15, 0.2) is 12.2 Å². The summed E-state index contributed by atoms with van der Waals surface area (Å²) in [5.41, 5.74) is 0.173. The van der Waals surface area contributed by atoms with E-state index in [9.17, 15) is 5.11 Å². The quantitative estimate of drug-likeness (QED) is 0.467. The predicted molar refractivity (Wildman–Crippen MR) is 117 cm³/mol. The van der Waals surface area contributed by atoms with Gasteiger partial charge >= 0.3 is 0 Å². The molecule has 1 saturated heterocycles. The molecule has 26 heavy (non-hydrogen) atoms. The van der Waals surface area contributed by atoms with Crippen molar-refractivity contribution >= 4 is 31.8 Å². The third-order valence-corrected chi connectivity index (χ3v) is 16.1. The molecule has 0 amide bonds. The van der Waals surface area contributed by atoms with Crippen molar-refractivity contribution in [1.29, 1.82) is 0 Å². The second-order valence-electron chi connectivity index (χ2n) is 10.4. The molecule has 0 bridgehead atoms. The molecule has 2 spiro atoms. The molecule has 3 aliphatic carbocycles. The van der Waals surface area contributed by atoms with Crippen molar-refractivity contribution in [3.63, 3.8) is 0 Å². The highest BCUT2D eigenvalue weighted by Gasteiger charge is 2.68. The molecule has 1 heterocycles. The lowest BCUT2D eigenvalue weighted by Crippen LogP contribution is -2.50. The summed E-state index contributed by atoms with van der Waals surface area (Å²) in [6.07, 6.45) is 10.7. The Morgan fingerprint density at radius 2 is 1.85 bits per heavy atom. The first-order valence-corrected chi connectivity index (χ1v) is 15.3. The number of aliphatic hydroxyl groups is 1. The van der Waals surface area contributed by atoms with Crippen LogP contribution in [0.4, 0.5) is 0 Å². The summed E-state index contributed by atoms with van der Waals surface area (Å²) >= 11 is 4.48. The highest BCUT2D eigenvalue weighted by Crippen LogP contribution is 2.72. The number of hydrogen-bond acceptors (Lipinski definition) is 4. The summed E-state index contributed by atoms with van der Waals surface area (Å²) in [5, 5.41) is 10.6. The van der Waals surface area contributed by atoms with Crippen LogP contribution in [-0.2, 0) is 4.43 Å². The summed E-state index contributed by atoms with van der Waals surface area (Å²) in [5.74, 6) is 3.93. The van der Waals surface area contributed by atoms with Crippen molar-refractivity contribution in [3.05, 3.63) is 12.2 Å². The van der Waals surface area contributed by atoms with Crippen LogP contribution in [-0.4, -0.2) is 41.2 Å². The van der Waals surface area contributed by atoms with Gasteiger partial charge in [-0.15, -0.1) is 23.5 Å². The lowest BCUT2D eigenvalue weighted by atomic mass is 9.67. The molecule has 5 unspecified atom stereocenters. The molecule has 148 valence electrons. The van der Waals surface area contributed by atoms with Crippen LogP contribution >= 0.6 is 23.5 Å². The van der Waals surface area contributed by atoms with Crippen LogP contribution in [0, 0.1) is 17.3 Å². The van der Waals surface area contributed by atoms with E-state index >= 15 is 0 Å². The van der Waals surface area contributed by atoms with E-state index in [0.717, 1.165) is 6.42 Å². The van der Waals surface area contributed by atoms with E-state index in [1.807, 2.05) is 0 Å². The fourth-order valence-corrected chi connectivity index (χ4v) is 11.1. The lowest BCUT2D eigenvalue weighted by Gasteiger charge is -2.47. The Morgan fingerprint density at radius 3 is 2.50 bits per heavy atom. The SMILES string of the molecule is CC(C)(C)[Si](C)(C)OC1CCC2C3(CC4CC(O)C=CC412)SCCCS3. The van der Waals surface area contributed by atoms with Gasteiger partial charge in [-0.1, -0.05) is 32.9 Å². The summed E-state index contributed by atoms with van der Waals surface area (Å²) in [6, 6.07) is 0. The van der Waals surface area contributed by atoms with E-state index in [1.54, 1.807) is 0 Å². The Balaban J connectivity index is 1.70. The molecular weight excluding hydrogens is 376 g/mol. The Hall–Kier alpha value is 0.577. The Labute approximate surface area is 169 Å². The molecule has 0 radical (unpaired) electrons. The average Bonchev–Trinajstić information content (AvgIpc) is 3.01. The van der Waals surface area contributed by atoms with Crippen LogP contribution in [0.2, 0.25) is 18.1 Å². The molecule has 5 atom stereocenters. The summed E-state index contributed by atoms with van der Waals surface area (Å²) in [7, 11) is -1.80. The highest BCUT2D eigenvalue weighted by molar-refractivity contribution is 8.18. The minimum atomic E-state index is -1.80. The van der Waals surface area contributed by atoms with Gasteiger partial charge in [-0.2, -0.15) is 0 Å². The molecule has 0 aromatic heterocycles. The van der Waals surface area contributed by atoms with Gasteiger partial charge in [0.25, 0.3) is 0 Å². The molecule has 5 heteroatoms. The standard InChI is InChI=1S/C21H36O2S2Si/c1-19(2,3)26(4,5)23-18-8-7-17-20(18)10-9-16(22)13-15(20)14-21(17)24-11-6-12-25-21/h9-10,15-18,22H,6-8,11-14H2,1-5H3. The zero-order valence-corrected chi connectivity index (χ0v) is 19.7. The number of thioether (sulfide) groups is 2. The van der Waals surface area contributed by atoms with Crippen LogP contribution in [0.25, 0.3) is 0 Å². The molecule has 2 nitrogen and oxygen atoms in total. The van der Waals surface area contributed by atoms with Gasteiger partial charge in [0.2, 0.25) is 0 Å². The lowest BCUT2D eigenvalue weighted by molar-refractivity contribution is 0.0245. The van der Waals surface area contributed by atoms with Crippen molar-refractivity contribution in [1.82, 2.24) is 0 Å². The predicted octanol–water partition coefficient (Wildman–Crippen LogP) is 5.68. The number of aliphatic hydroxyl groups excluding tert-OH is 1. The largest absolute Gasteiger partial charge is 0.413 e. The second kappa shape index (κ2) is 6.55. The maximum atomic E-state index is 10.4. The third kappa shape index (κ3) is 2.90. The first-order valence-electron chi connectivity index (χ1n) is 10.4.